The second-order valence-electron chi connectivity index (χ2n) is 5.91. The van der Waals surface area contributed by atoms with Gasteiger partial charge in [-0.15, -0.1) is 0 Å². The maximum atomic E-state index is 13.7. The van der Waals surface area contributed by atoms with Crippen LogP contribution >= 0.6 is 15.9 Å². The minimum Gasteiger partial charge on any atom is -0.264 e. The molecule has 0 saturated heterocycles. The topological polar surface area (TPSA) is 50.3 Å². The van der Waals surface area contributed by atoms with Crippen molar-refractivity contribution in [1.29, 1.82) is 0 Å². The SMILES string of the molecule is CCN(C(c1ccc(Br)cc1)c1cccnc1)S(=O)(=O)c1cccc(F)c1. The van der Waals surface area contributed by atoms with Crippen LogP contribution in [0, 0.1) is 5.82 Å². The third kappa shape index (κ3) is 4.26. The molecule has 0 aliphatic rings. The Bertz CT molecular complexity index is 1010. The van der Waals surface area contributed by atoms with Crippen molar-refractivity contribution >= 4 is 26.0 Å². The van der Waals surface area contributed by atoms with Crippen LogP contribution in [0.3, 0.4) is 0 Å². The fraction of sp³-hybridized carbons (Fsp3) is 0.150. The number of aromatic nitrogens is 1. The normalized spacial score (nSPS) is 12.9. The molecule has 7 heteroatoms. The van der Waals surface area contributed by atoms with Crippen molar-refractivity contribution in [2.75, 3.05) is 6.54 Å². The summed E-state index contributed by atoms with van der Waals surface area (Å²) in [6.07, 6.45) is 3.29. The average molecular weight is 449 g/mol. The van der Waals surface area contributed by atoms with Gasteiger partial charge in [-0.25, -0.2) is 12.8 Å². The van der Waals surface area contributed by atoms with Gasteiger partial charge in [-0.3, -0.25) is 4.98 Å². The molecule has 4 nitrogen and oxygen atoms in total. The molecule has 3 aromatic rings. The Morgan fingerprint density at radius 1 is 1.07 bits per heavy atom. The van der Waals surface area contributed by atoms with Crippen molar-refractivity contribution in [3.05, 3.63) is 94.5 Å². The molecule has 0 N–H and O–H groups in total. The van der Waals surface area contributed by atoms with Gasteiger partial charge in [-0.05, 0) is 47.5 Å². The van der Waals surface area contributed by atoms with Crippen molar-refractivity contribution in [3.63, 3.8) is 0 Å². The van der Waals surface area contributed by atoms with Crippen LogP contribution in [-0.4, -0.2) is 24.3 Å². The van der Waals surface area contributed by atoms with Gasteiger partial charge < -0.3 is 0 Å². The first kappa shape index (κ1) is 19.7. The maximum Gasteiger partial charge on any atom is 0.244 e. The second-order valence-corrected chi connectivity index (χ2v) is 8.71. The van der Waals surface area contributed by atoms with Crippen molar-refractivity contribution in [3.8, 4) is 0 Å². The minimum absolute atomic E-state index is 0.0737. The van der Waals surface area contributed by atoms with Gasteiger partial charge in [-0.1, -0.05) is 47.1 Å². The fourth-order valence-electron chi connectivity index (χ4n) is 2.96. The molecule has 2 aromatic carbocycles. The van der Waals surface area contributed by atoms with E-state index in [2.05, 4.69) is 20.9 Å². The third-order valence-electron chi connectivity index (χ3n) is 4.19. The predicted molar refractivity (Wildman–Crippen MR) is 106 cm³/mol. The number of pyridine rings is 1. The van der Waals surface area contributed by atoms with E-state index < -0.39 is 21.9 Å². The molecule has 0 spiro atoms. The molecule has 0 aliphatic carbocycles. The first-order chi connectivity index (χ1) is 12.9. The summed E-state index contributed by atoms with van der Waals surface area (Å²) in [5, 5.41) is 0. The summed E-state index contributed by atoms with van der Waals surface area (Å²) in [5.74, 6) is -0.589. The van der Waals surface area contributed by atoms with E-state index in [4.69, 9.17) is 0 Å². The van der Waals surface area contributed by atoms with Crippen LogP contribution in [0.2, 0.25) is 0 Å². The van der Waals surface area contributed by atoms with Crippen LogP contribution in [0.1, 0.15) is 24.1 Å². The summed E-state index contributed by atoms with van der Waals surface area (Å²) in [5.41, 5.74) is 1.54. The van der Waals surface area contributed by atoms with E-state index in [0.29, 0.717) is 0 Å². The highest BCUT2D eigenvalue weighted by molar-refractivity contribution is 9.10. The molecule has 3 rings (SSSR count). The Balaban J connectivity index is 2.15. The molecule has 0 saturated carbocycles. The number of rotatable bonds is 6. The van der Waals surface area contributed by atoms with Crippen LogP contribution in [0.4, 0.5) is 4.39 Å². The lowest BCUT2D eigenvalue weighted by Gasteiger charge is -2.30. The van der Waals surface area contributed by atoms with E-state index in [1.807, 2.05) is 30.3 Å². The first-order valence-corrected chi connectivity index (χ1v) is 10.6. The molecule has 1 heterocycles. The lowest BCUT2D eigenvalue weighted by Crippen LogP contribution is -2.35. The van der Waals surface area contributed by atoms with E-state index in [1.165, 1.54) is 22.5 Å². The van der Waals surface area contributed by atoms with Crippen molar-refractivity contribution < 1.29 is 12.8 Å². The van der Waals surface area contributed by atoms with Gasteiger partial charge in [0, 0.05) is 23.4 Å². The summed E-state index contributed by atoms with van der Waals surface area (Å²) in [6, 6.07) is 15.6. The molecule has 1 unspecified atom stereocenters. The zero-order valence-corrected chi connectivity index (χ0v) is 17.0. The van der Waals surface area contributed by atoms with Gasteiger partial charge in [0.25, 0.3) is 0 Å². The van der Waals surface area contributed by atoms with Gasteiger partial charge in [0.15, 0.2) is 0 Å². The molecule has 0 aliphatic heterocycles. The monoisotopic (exact) mass is 448 g/mol. The summed E-state index contributed by atoms with van der Waals surface area (Å²) < 4.78 is 42.5. The summed E-state index contributed by atoms with van der Waals surface area (Å²) in [6.45, 7) is 1.98. The highest BCUT2D eigenvalue weighted by atomic mass is 79.9. The third-order valence-corrected chi connectivity index (χ3v) is 6.65. The molecule has 0 radical (unpaired) electrons. The van der Waals surface area contributed by atoms with E-state index in [1.54, 1.807) is 25.4 Å². The zero-order valence-electron chi connectivity index (χ0n) is 14.6. The van der Waals surface area contributed by atoms with Crippen LogP contribution in [0.25, 0.3) is 0 Å². The van der Waals surface area contributed by atoms with Gasteiger partial charge in [0.05, 0.1) is 10.9 Å². The van der Waals surface area contributed by atoms with Crippen LogP contribution < -0.4 is 0 Å². The standard InChI is InChI=1S/C20H18BrFN2O2S/c1-2-24(27(25,26)19-7-3-6-18(22)13-19)20(16-5-4-12-23-14-16)15-8-10-17(21)11-9-15/h3-14,20H,2H2,1H3. The van der Waals surface area contributed by atoms with E-state index in [0.717, 1.165) is 21.7 Å². The molecule has 1 atom stereocenters. The Labute approximate surface area is 166 Å². The number of halogens is 2. The molecule has 0 bridgehead atoms. The Morgan fingerprint density at radius 2 is 1.81 bits per heavy atom. The molecule has 140 valence electrons. The van der Waals surface area contributed by atoms with Crippen LogP contribution in [0.15, 0.2) is 82.4 Å². The predicted octanol–water partition coefficient (Wildman–Crippen LogP) is 4.78. The lowest BCUT2D eigenvalue weighted by atomic mass is 10.0. The number of hydrogen-bond acceptors (Lipinski definition) is 3. The number of benzene rings is 2. The van der Waals surface area contributed by atoms with Gasteiger partial charge in [-0.2, -0.15) is 4.31 Å². The minimum atomic E-state index is -3.93. The Morgan fingerprint density at radius 3 is 2.41 bits per heavy atom. The Hall–Kier alpha value is -2.09. The number of sulfonamides is 1. The first-order valence-electron chi connectivity index (χ1n) is 8.36. The largest absolute Gasteiger partial charge is 0.264 e. The highest BCUT2D eigenvalue weighted by Crippen LogP contribution is 2.33. The summed E-state index contributed by atoms with van der Waals surface area (Å²) in [4.78, 5) is 4.07. The van der Waals surface area contributed by atoms with Gasteiger partial charge >= 0.3 is 0 Å². The quantitative estimate of drug-likeness (QED) is 0.544. The van der Waals surface area contributed by atoms with E-state index in [-0.39, 0.29) is 11.4 Å². The summed E-state index contributed by atoms with van der Waals surface area (Å²) in [7, 11) is -3.93. The fourth-order valence-corrected chi connectivity index (χ4v) is 4.87. The highest BCUT2D eigenvalue weighted by Gasteiger charge is 2.32. The lowest BCUT2D eigenvalue weighted by molar-refractivity contribution is 0.374. The number of hydrogen-bond donors (Lipinski definition) is 0. The van der Waals surface area contributed by atoms with E-state index >= 15 is 0 Å². The van der Waals surface area contributed by atoms with Gasteiger partial charge in [0.1, 0.15) is 5.82 Å². The Kier molecular flexibility index (Phi) is 6.04. The average Bonchev–Trinajstić information content (AvgIpc) is 2.67. The van der Waals surface area contributed by atoms with E-state index in [9.17, 15) is 12.8 Å². The van der Waals surface area contributed by atoms with Crippen LogP contribution in [-0.2, 0) is 10.0 Å². The van der Waals surface area contributed by atoms with Crippen molar-refractivity contribution in [1.82, 2.24) is 9.29 Å². The maximum absolute atomic E-state index is 13.7. The van der Waals surface area contributed by atoms with Crippen molar-refractivity contribution in [2.45, 2.75) is 17.9 Å². The molecule has 0 fully saturated rings. The molecular weight excluding hydrogens is 431 g/mol. The van der Waals surface area contributed by atoms with Crippen LogP contribution in [0.5, 0.6) is 0 Å². The van der Waals surface area contributed by atoms with Crippen molar-refractivity contribution in [2.24, 2.45) is 0 Å². The summed E-state index contributed by atoms with van der Waals surface area (Å²) >= 11 is 3.40. The molecule has 27 heavy (non-hydrogen) atoms. The smallest absolute Gasteiger partial charge is 0.244 e. The molecular formula is C20H18BrFN2O2S. The molecule has 0 amide bonds. The van der Waals surface area contributed by atoms with Gasteiger partial charge in [0.2, 0.25) is 10.0 Å². The number of nitrogens with zero attached hydrogens (tertiary/aromatic N) is 2. The zero-order chi connectivity index (χ0) is 19.4. The second kappa shape index (κ2) is 8.29. The molecule has 1 aromatic heterocycles.